The molecule has 0 bridgehead atoms. The average molecular weight is 292 g/mol. The van der Waals surface area contributed by atoms with Crippen molar-refractivity contribution in [1.82, 2.24) is 10.2 Å². The Labute approximate surface area is 126 Å². The molecular formula is C17H25FN2O. The van der Waals surface area contributed by atoms with Gasteiger partial charge < -0.3 is 10.2 Å². The van der Waals surface area contributed by atoms with Crippen LogP contribution in [-0.4, -0.2) is 29.9 Å². The molecule has 116 valence electrons. The standard InChI is InChI=1S/C17H25FN2O/c1-17(2,3)16(21)20-9-7-15(8-10-20)19-12-13-5-4-6-14(18)11-13/h4-6,11,15,19H,7-10,12H2,1-3H3. The number of carbonyl (C=O) groups excluding carboxylic acids is 1. The summed E-state index contributed by atoms with van der Waals surface area (Å²) in [4.78, 5) is 14.2. The summed E-state index contributed by atoms with van der Waals surface area (Å²) >= 11 is 0. The predicted molar refractivity (Wildman–Crippen MR) is 82.3 cm³/mol. The molecular weight excluding hydrogens is 267 g/mol. The molecule has 0 radical (unpaired) electrons. The summed E-state index contributed by atoms with van der Waals surface area (Å²) in [5.74, 6) is 0.0333. The topological polar surface area (TPSA) is 32.3 Å². The van der Waals surface area contributed by atoms with Crippen LogP contribution in [0.3, 0.4) is 0 Å². The predicted octanol–water partition coefficient (Wildman–Crippen LogP) is 2.95. The highest BCUT2D eigenvalue weighted by Gasteiger charge is 2.30. The zero-order chi connectivity index (χ0) is 15.5. The molecule has 4 heteroatoms. The molecule has 1 aromatic rings. The summed E-state index contributed by atoms with van der Waals surface area (Å²) in [7, 11) is 0. The van der Waals surface area contributed by atoms with Gasteiger partial charge in [0.1, 0.15) is 5.82 Å². The molecule has 1 amide bonds. The van der Waals surface area contributed by atoms with E-state index in [1.54, 1.807) is 12.1 Å². The number of amides is 1. The minimum Gasteiger partial charge on any atom is -0.342 e. The van der Waals surface area contributed by atoms with E-state index in [1.807, 2.05) is 31.7 Å². The van der Waals surface area contributed by atoms with Gasteiger partial charge in [0, 0.05) is 31.1 Å². The monoisotopic (exact) mass is 292 g/mol. The second kappa shape index (κ2) is 6.56. The number of halogens is 1. The zero-order valence-electron chi connectivity index (χ0n) is 13.2. The molecule has 0 aliphatic carbocycles. The molecule has 21 heavy (non-hydrogen) atoms. The number of carbonyl (C=O) groups is 1. The van der Waals surface area contributed by atoms with Crippen molar-refractivity contribution in [3.63, 3.8) is 0 Å². The molecule has 1 saturated heterocycles. The third-order valence-electron chi connectivity index (χ3n) is 3.91. The fourth-order valence-corrected chi connectivity index (χ4v) is 2.67. The van der Waals surface area contributed by atoms with Crippen LogP contribution in [0.15, 0.2) is 24.3 Å². The van der Waals surface area contributed by atoms with Crippen molar-refractivity contribution in [1.29, 1.82) is 0 Å². The second-order valence-corrected chi connectivity index (χ2v) is 6.83. The summed E-state index contributed by atoms with van der Waals surface area (Å²) in [6.07, 6.45) is 1.91. The van der Waals surface area contributed by atoms with Crippen LogP contribution in [0.2, 0.25) is 0 Å². The number of hydrogen-bond acceptors (Lipinski definition) is 2. The number of likely N-dealkylation sites (tertiary alicyclic amines) is 1. The number of benzene rings is 1. The molecule has 1 aliphatic heterocycles. The third-order valence-corrected chi connectivity index (χ3v) is 3.91. The Morgan fingerprint density at radius 3 is 2.57 bits per heavy atom. The molecule has 1 heterocycles. The van der Waals surface area contributed by atoms with E-state index in [0.717, 1.165) is 31.5 Å². The van der Waals surface area contributed by atoms with Crippen LogP contribution in [0.1, 0.15) is 39.2 Å². The Morgan fingerprint density at radius 1 is 1.33 bits per heavy atom. The van der Waals surface area contributed by atoms with Gasteiger partial charge in [-0.2, -0.15) is 0 Å². The number of rotatable bonds is 3. The molecule has 2 rings (SSSR count). The van der Waals surface area contributed by atoms with E-state index in [1.165, 1.54) is 6.07 Å². The number of nitrogens with zero attached hydrogens (tertiary/aromatic N) is 1. The minimum absolute atomic E-state index is 0.195. The third kappa shape index (κ3) is 4.53. The lowest BCUT2D eigenvalue weighted by molar-refractivity contribution is -0.140. The first-order valence-corrected chi connectivity index (χ1v) is 7.63. The lowest BCUT2D eigenvalue weighted by Gasteiger charge is -2.36. The summed E-state index contributed by atoms with van der Waals surface area (Å²) in [5, 5.41) is 3.46. The first kappa shape index (κ1) is 16.0. The SMILES string of the molecule is CC(C)(C)C(=O)N1CCC(NCc2cccc(F)c2)CC1. The van der Waals surface area contributed by atoms with Crippen LogP contribution in [0.25, 0.3) is 0 Å². The van der Waals surface area contributed by atoms with Crippen molar-refractivity contribution >= 4 is 5.91 Å². The van der Waals surface area contributed by atoms with Gasteiger partial charge in [0.2, 0.25) is 5.91 Å². The first-order chi connectivity index (χ1) is 9.86. The Balaban J connectivity index is 1.78. The fourth-order valence-electron chi connectivity index (χ4n) is 2.67. The van der Waals surface area contributed by atoms with Crippen LogP contribution < -0.4 is 5.32 Å². The van der Waals surface area contributed by atoms with Crippen LogP contribution in [0.4, 0.5) is 4.39 Å². The minimum atomic E-state index is -0.304. The molecule has 0 atom stereocenters. The van der Waals surface area contributed by atoms with Crippen LogP contribution in [-0.2, 0) is 11.3 Å². The van der Waals surface area contributed by atoms with E-state index in [9.17, 15) is 9.18 Å². The number of piperidine rings is 1. The molecule has 0 saturated carbocycles. The van der Waals surface area contributed by atoms with Crippen LogP contribution in [0, 0.1) is 11.2 Å². The lowest BCUT2D eigenvalue weighted by atomic mass is 9.93. The van der Waals surface area contributed by atoms with Gasteiger partial charge in [0.05, 0.1) is 0 Å². The van der Waals surface area contributed by atoms with Crippen molar-refractivity contribution in [2.24, 2.45) is 5.41 Å². The van der Waals surface area contributed by atoms with E-state index < -0.39 is 0 Å². The molecule has 3 nitrogen and oxygen atoms in total. The number of hydrogen-bond donors (Lipinski definition) is 1. The maximum absolute atomic E-state index is 13.1. The van der Waals surface area contributed by atoms with Crippen molar-refractivity contribution in [2.45, 2.75) is 46.2 Å². The van der Waals surface area contributed by atoms with Gasteiger partial charge in [-0.25, -0.2) is 4.39 Å². The van der Waals surface area contributed by atoms with Gasteiger partial charge >= 0.3 is 0 Å². The fraction of sp³-hybridized carbons (Fsp3) is 0.588. The van der Waals surface area contributed by atoms with E-state index in [4.69, 9.17) is 0 Å². The Bertz CT molecular complexity index is 488. The molecule has 0 unspecified atom stereocenters. The van der Waals surface area contributed by atoms with Gasteiger partial charge in [0.25, 0.3) is 0 Å². The summed E-state index contributed by atoms with van der Waals surface area (Å²) in [6, 6.07) is 7.08. The smallest absolute Gasteiger partial charge is 0.227 e. The first-order valence-electron chi connectivity index (χ1n) is 7.63. The highest BCUT2D eigenvalue weighted by molar-refractivity contribution is 5.81. The van der Waals surface area contributed by atoms with Gasteiger partial charge in [-0.15, -0.1) is 0 Å². The Kier molecular flexibility index (Phi) is 4.99. The average Bonchev–Trinajstić information content (AvgIpc) is 2.44. The van der Waals surface area contributed by atoms with E-state index in [2.05, 4.69) is 5.32 Å². The second-order valence-electron chi connectivity index (χ2n) is 6.83. The number of nitrogens with one attached hydrogen (secondary N) is 1. The molecule has 1 N–H and O–H groups in total. The van der Waals surface area contributed by atoms with Gasteiger partial charge in [-0.1, -0.05) is 32.9 Å². The van der Waals surface area contributed by atoms with Crippen LogP contribution >= 0.6 is 0 Å². The summed E-state index contributed by atoms with van der Waals surface area (Å²) in [6.45, 7) is 8.17. The normalized spacial score (nSPS) is 17.0. The van der Waals surface area contributed by atoms with E-state index >= 15 is 0 Å². The van der Waals surface area contributed by atoms with Crippen molar-refractivity contribution in [3.05, 3.63) is 35.6 Å². The zero-order valence-corrected chi connectivity index (χ0v) is 13.2. The van der Waals surface area contributed by atoms with Gasteiger partial charge in [0.15, 0.2) is 0 Å². The van der Waals surface area contributed by atoms with E-state index in [-0.39, 0.29) is 17.1 Å². The molecule has 0 spiro atoms. The summed E-state index contributed by atoms with van der Waals surface area (Å²) in [5.41, 5.74) is 0.658. The maximum Gasteiger partial charge on any atom is 0.227 e. The Morgan fingerprint density at radius 2 is 2.00 bits per heavy atom. The Hall–Kier alpha value is -1.42. The largest absolute Gasteiger partial charge is 0.342 e. The maximum atomic E-state index is 13.1. The van der Waals surface area contributed by atoms with Crippen molar-refractivity contribution in [3.8, 4) is 0 Å². The van der Waals surface area contributed by atoms with Crippen LogP contribution in [0.5, 0.6) is 0 Å². The van der Waals surface area contributed by atoms with Crippen molar-refractivity contribution in [2.75, 3.05) is 13.1 Å². The molecule has 1 fully saturated rings. The lowest BCUT2D eigenvalue weighted by Crippen LogP contribution is -2.48. The van der Waals surface area contributed by atoms with E-state index in [0.29, 0.717) is 12.6 Å². The van der Waals surface area contributed by atoms with Gasteiger partial charge in [-0.05, 0) is 30.5 Å². The quantitative estimate of drug-likeness (QED) is 0.929. The highest BCUT2D eigenvalue weighted by atomic mass is 19.1. The summed E-state index contributed by atoms with van der Waals surface area (Å²) < 4.78 is 13.1. The molecule has 0 aromatic heterocycles. The van der Waals surface area contributed by atoms with Crippen molar-refractivity contribution < 1.29 is 9.18 Å². The van der Waals surface area contributed by atoms with Gasteiger partial charge in [-0.3, -0.25) is 4.79 Å². The molecule has 1 aromatic carbocycles. The highest BCUT2D eigenvalue weighted by Crippen LogP contribution is 2.21. The molecule has 1 aliphatic rings.